The molecule has 0 aromatic rings. The van der Waals surface area contributed by atoms with Gasteiger partial charge < -0.3 is 5.73 Å². The summed E-state index contributed by atoms with van der Waals surface area (Å²) >= 11 is 0. The first-order valence-electron chi connectivity index (χ1n) is 7.88. The molecule has 5 unspecified atom stereocenters. The molecule has 3 aliphatic rings. The highest BCUT2D eigenvalue weighted by Crippen LogP contribution is 2.39. The number of nitrogens with two attached hydrogens (primary N) is 1. The molecule has 7 heteroatoms. The van der Waals surface area contributed by atoms with Crippen molar-refractivity contribution in [1.29, 1.82) is 0 Å². The molecule has 2 aliphatic heterocycles. The van der Waals surface area contributed by atoms with Gasteiger partial charge in [-0.25, -0.2) is 0 Å². The largest absolute Gasteiger partial charge is 0.327 e. The molecule has 124 valence electrons. The molecule has 0 aromatic heterocycles. The molecule has 0 spiro atoms. The molecule has 2 N–H and O–H groups in total. The Bertz CT molecular complexity index is 463. The molecule has 1 aliphatic carbocycles. The van der Waals surface area contributed by atoms with Crippen LogP contribution in [0.15, 0.2) is 0 Å². The van der Waals surface area contributed by atoms with Crippen LogP contribution in [0.2, 0.25) is 0 Å². The van der Waals surface area contributed by atoms with E-state index in [1.807, 2.05) is 0 Å². The standard InChI is InChI=1S/C14H27N3O2S.ClH/c1-10-5-11(2)7-16(6-10)20(18,19)17-8-12-3-4-14(15)13(12)9-17;/h10-14H,3-9,15H2,1-2H3;1H. The molecule has 5 atom stereocenters. The summed E-state index contributed by atoms with van der Waals surface area (Å²) in [6, 6.07) is 0.194. The van der Waals surface area contributed by atoms with Gasteiger partial charge in [0.25, 0.3) is 10.2 Å². The lowest BCUT2D eigenvalue weighted by Gasteiger charge is -2.36. The van der Waals surface area contributed by atoms with Crippen molar-refractivity contribution in [3.8, 4) is 0 Å². The molecular weight excluding hydrogens is 310 g/mol. The van der Waals surface area contributed by atoms with Crippen molar-refractivity contribution in [3.63, 3.8) is 0 Å². The number of hydrogen-bond donors (Lipinski definition) is 1. The van der Waals surface area contributed by atoms with E-state index in [-0.39, 0.29) is 18.4 Å². The monoisotopic (exact) mass is 337 g/mol. The first kappa shape index (κ1) is 17.5. The zero-order chi connectivity index (χ0) is 14.5. The highest BCUT2D eigenvalue weighted by molar-refractivity contribution is 7.86. The Morgan fingerprint density at radius 1 is 0.952 bits per heavy atom. The molecule has 5 nitrogen and oxygen atoms in total. The van der Waals surface area contributed by atoms with E-state index >= 15 is 0 Å². The van der Waals surface area contributed by atoms with E-state index in [9.17, 15) is 8.42 Å². The Morgan fingerprint density at radius 3 is 2.10 bits per heavy atom. The quantitative estimate of drug-likeness (QED) is 0.826. The molecule has 1 saturated carbocycles. The van der Waals surface area contributed by atoms with E-state index in [1.165, 1.54) is 0 Å². The lowest BCUT2D eigenvalue weighted by Crippen LogP contribution is -2.49. The topological polar surface area (TPSA) is 66.6 Å². The fourth-order valence-electron chi connectivity index (χ4n) is 4.41. The predicted octanol–water partition coefficient (Wildman–Crippen LogP) is 1.30. The second kappa shape index (κ2) is 6.32. The molecule has 21 heavy (non-hydrogen) atoms. The minimum atomic E-state index is -3.28. The van der Waals surface area contributed by atoms with Crippen molar-refractivity contribution in [3.05, 3.63) is 0 Å². The lowest BCUT2D eigenvalue weighted by atomic mass is 9.94. The number of nitrogens with zero attached hydrogens (tertiary/aromatic N) is 2. The van der Waals surface area contributed by atoms with Crippen LogP contribution in [0.5, 0.6) is 0 Å². The van der Waals surface area contributed by atoms with Gasteiger partial charge in [0, 0.05) is 32.2 Å². The zero-order valence-electron chi connectivity index (χ0n) is 12.9. The number of halogens is 1. The summed E-state index contributed by atoms with van der Waals surface area (Å²) in [7, 11) is -3.28. The molecule has 0 bridgehead atoms. The van der Waals surface area contributed by atoms with Crippen molar-refractivity contribution in [1.82, 2.24) is 8.61 Å². The fraction of sp³-hybridized carbons (Fsp3) is 1.00. The molecule has 0 radical (unpaired) electrons. The maximum atomic E-state index is 12.8. The van der Waals surface area contributed by atoms with E-state index in [4.69, 9.17) is 5.73 Å². The van der Waals surface area contributed by atoms with Crippen LogP contribution in [0.4, 0.5) is 0 Å². The van der Waals surface area contributed by atoms with E-state index < -0.39 is 10.2 Å². The Hall–Kier alpha value is 0.120. The van der Waals surface area contributed by atoms with Crippen LogP contribution >= 0.6 is 12.4 Å². The first-order chi connectivity index (χ1) is 9.38. The Kier molecular flexibility index (Phi) is 5.26. The molecule has 2 heterocycles. The summed E-state index contributed by atoms with van der Waals surface area (Å²) < 4.78 is 29.1. The highest BCUT2D eigenvalue weighted by Gasteiger charge is 2.46. The van der Waals surface area contributed by atoms with Gasteiger partial charge in [0.2, 0.25) is 0 Å². The van der Waals surface area contributed by atoms with E-state index in [0.717, 1.165) is 19.3 Å². The number of rotatable bonds is 2. The summed E-state index contributed by atoms with van der Waals surface area (Å²) in [5, 5.41) is 0. The van der Waals surface area contributed by atoms with Gasteiger partial charge in [0.1, 0.15) is 0 Å². The Morgan fingerprint density at radius 2 is 1.52 bits per heavy atom. The fourth-order valence-corrected chi connectivity index (χ4v) is 6.37. The van der Waals surface area contributed by atoms with Crippen LogP contribution in [-0.2, 0) is 10.2 Å². The maximum Gasteiger partial charge on any atom is 0.282 e. The van der Waals surface area contributed by atoms with Crippen molar-refractivity contribution >= 4 is 22.6 Å². The summed E-state index contributed by atoms with van der Waals surface area (Å²) in [5.41, 5.74) is 6.11. The van der Waals surface area contributed by atoms with Gasteiger partial charge in [-0.15, -0.1) is 12.4 Å². The van der Waals surface area contributed by atoms with Crippen molar-refractivity contribution in [2.45, 2.75) is 39.2 Å². The SMILES string of the molecule is CC1CC(C)CN(S(=O)(=O)N2CC3CCC(N)C3C2)C1.Cl. The summed E-state index contributed by atoms with van der Waals surface area (Å²) in [4.78, 5) is 0. The molecule has 0 aromatic carbocycles. The van der Waals surface area contributed by atoms with E-state index in [1.54, 1.807) is 8.61 Å². The lowest BCUT2D eigenvalue weighted by molar-refractivity contribution is 0.210. The molecule has 3 fully saturated rings. The van der Waals surface area contributed by atoms with Gasteiger partial charge in [0.15, 0.2) is 0 Å². The van der Waals surface area contributed by atoms with Crippen molar-refractivity contribution < 1.29 is 8.42 Å². The van der Waals surface area contributed by atoms with Crippen LogP contribution in [0.25, 0.3) is 0 Å². The zero-order valence-corrected chi connectivity index (χ0v) is 14.6. The van der Waals surface area contributed by atoms with Crippen molar-refractivity contribution in [2.75, 3.05) is 26.2 Å². The summed E-state index contributed by atoms with van der Waals surface area (Å²) in [5.74, 6) is 1.78. The van der Waals surface area contributed by atoms with Crippen LogP contribution < -0.4 is 5.73 Å². The summed E-state index contributed by atoms with van der Waals surface area (Å²) in [6.07, 6.45) is 3.27. The normalized spacial score (nSPS) is 41.8. The third-order valence-corrected chi connectivity index (χ3v) is 7.27. The minimum absolute atomic E-state index is 0. The van der Waals surface area contributed by atoms with Gasteiger partial charge in [-0.2, -0.15) is 17.0 Å². The third kappa shape index (κ3) is 3.24. The Labute approximate surface area is 134 Å². The molecule has 3 rings (SSSR count). The van der Waals surface area contributed by atoms with Gasteiger partial charge in [-0.3, -0.25) is 0 Å². The van der Waals surface area contributed by atoms with Crippen LogP contribution in [0.3, 0.4) is 0 Å². The smallest absolute Gasteiger partial charge is 0.282 e. The average molecular weight is 338 g/mol. The maximum absolute atomic E-state index is 12.8. The van der Waals surface area contributed by atoms with Crippen LogP contribution in [-0.4, -0.2) is 49.2 Å². The Balaban J connectivity index is 0.00000161. The number of hydrogen-bond acceptors (Lipinski definition) is 3. The van der Waals surface area contributed by atoms with Gasteiger partial charge >= 0.3 is 0 Å². The second-order valence-corrected chi connectivity index (χ2v) is 9.18. The van der Waals surface area contributed by atoms with Crippen molar-refractivity contribution in [2.24, 2.45) is 29.4 Å². The van der Waals surface area contributed by atoms with Gasteiger partial charge in [0.05, 0.1) is 0 Å². The number of fused-ring (bicyclic) bond motifs is 1. The summed E-state index contributed by atoms with van der Waals surface area (Å²) in [6.45, 7) is 6.95. The molecular formula is C14H28ClN3O2S. The highest BCUT2D eigenvalue weighted by atomic mass is 35.5. The van der Waals surface area contributed by atoms with Gasteiger partial charge in [-0.05, 0) is 42.9 Å². The third-order valence-electron chi connectivity index (χ3n) is 5.37. The molecule has 0 amide bonds. The predicted molar refractivity (Wildman–Crippen MR) is 86.4 cm³/mol. The molecule has 2 saturated heterocycles. The van der Waals surface area contributed by atoms with E-state index in [0.29, 0.717) is 49.9 Å². The van der Waals surface area contributed by atoms with Gasteiger partial charge in [-0.1, -0.05) is 13.8 Å². The average Bonchev–Trinajstić information content (AvgIpc) is 2.91. The van der Waals surface area contributed by atoms with E-state index in [2.05, 4.69) is 13.8 Å². The first-order valence-corrected chi connectivity index (χ1v) is 9.28. The number of piperidine rings is 1. The minimum Gasteiger partial charge on any atom is -0.327 e. The second-order valence-electron chi connectivity index (χ2n) is 7.25. The van der Waals surface area contributed by atoms with Crippen LogP contribution in [0.1, 0.15) is 33.1 Å². The van der Waals surface area contributed by atoms with Crippen LogP contribution in [0, 0.1) is 23.7 Å².